The van der Waals surface area contributed by atoms with Crippen LogP contribution in [0.2, 0.25) is 0 Å². The zero-order valence-electron chi connectivity index (χ0n) is 12.0. The molecular weight excluding hydrogens is 252 g/mol. The lowest BCUT2D eigenvalue weighted by Crippen LogP contribution is -2.34. The number of likely N-dealkylation sites (N-methyl/N-ethyl adjacent to an activating group) is 1. The number of aromatic nitrogens is 1. The lowest BCUT2D eigenvalue weighted by atomic mass is 10.1. The van der Waals surface area contributed by atoms with E-state index in [1.807, 2.05) is 37.5 Å². The van der Waals surface area contributed by atoms with Gasteiger partial charge in [0.25, 0.3) is 0 Å². The summed E-state index contributed by atoms with van der Waals surface area (Å²) in [6, 6.07) is 8.26. The van der Waals surface area contributed by atoms with Crippen LogP contribution in [0.1, 0.15) is 6.42 Å². The number of pyridine rings is 1. The Morgan fingerprint density at radius 2 is 2.20 bits per heavy atom. The number of nitrogens with one attached hydrogen (secondary N) is 2. The average Bonchev–Trinajstić information content (AvgIpc) is 2.51. The first kappa shape index (κ1) is 14.6. The van der Waals surface area contributed by atoms with Crippen molar-refractivity contribution >= 4 is 16.6 Å². The highest BCUT2D eigenvalue weighted by atomic mass is 16.5. The van der Waals surface area contributed by atoms with Gasteiger partial charge in [0, 0.05) is 42.5 Å². The maximum Gasteiger partial charge on any atom is 0.121 e. The van der Waals surface area contributed by atoms with Gasteiger partial charge in [-0.3, -0.25) is 4.98 Å². The number of anilines is 1. The second kappa shape index (κ2) is 7.07. The first-order valence-corrected chi connectivity index (χ1v) is 6.82. The Labute approximate surface area is 119 Å². The first-order valence-electron chi connectivity index (χ1n) is 6.82. The van der Waals surface area contributed by atoms with Crippen molar-refractivity contribution in [2.24, 2.45) is 5.73 Å². The fourth-order valence-corrected chi connectivity index (χ4v) is 2.17. The molecule has 1 unspecified atom stereocenters. The van der Waals surface area contributed by atoms with Gasteiger partial charge in [-0.2, -0.15) is 0 Å². The van der Waals surface area contributed by atoms with E-state index in [1.165, 1.54) is 0 Å². The van der Waals surface area contributed by atoms with Gasteiger partial charge in [0.05, 0.1) is 12.6 Å². The van der Waals surface area contributed by atoms with Crippen molar-refractivity contribution in [3.8, 4) is 5.75 Å². The molecule has 0 aliphatic heterocycles. The minimum absolute atomic E-state index is 0.343. The molecule has 0 bridgehead atoms. The highest BCUT2D eigenvalue weighted by Gasteiger charge is 2.05. The first-order chi connectivity index (χ1) is 9.78. The molecule has 0 amide bonds. The third kappa shape index (κ3) is 3.37. The smallest absolute Gasteiger partial charge is 0.121 e. The lowest BCUT2D eigenvalue weighted by Gasteiger charge is -2.15. The molecule has 5 heteroatoms. The monoisotopic (exact) mass is 274 g/mol. The molecule has 0 fully saturated rings. The summed E-state index contributed by atoms with van der Waals surface area (Å²) in [5.74, 6) is 0.820. The van der Waals surface area contributed by atoms with Crippen molar-refractivity contribution in [3.63, 3.8) is 0 Å². The minimum atomic E-state index is 0.343. The van der Waals surface area contributed by atoms with E-state index in [-0.39, 0.29) is 0 Å². The quantitative estimate of drug-likeness (QED) is 0.715. The number of hydrogen-bond donors (Lipinski definition) is 3. The van der Waals surface area contributed by atoms with Crippen molar-refractivity contribution in [1.82, 2.24) is 10.3 Å². The molecule has 0 aliphatic rings. The van der Waals surface area contributed by atoms with Gasteiger partial charge >= 0.3 is 0 Å². The molecule has 5 nitrogen and oxygen atoms in total. The predicted octanol–water partition coefficient (Wildman–Crippen LogP) is 1.59. The maximum atomic E-state index is 5.67. The van der Waals surface area contributed by atoms with Gasteiger partial charge in [0.1, 0.15) is 5.75 Å². The molecule has 20 heavy (non-hydrogen) atoms. The topological polar surface area (TPSA) is 72.2 Å². The molecule has 4 N–H and O–H groups in total. The molecule has 1 heterocycles. The Balaban J connectivity index is 2.10. The van der Waals surface area contributed by atoms with E-state index in [0.717, 1.165) is 35.3 Å². The zero-order chi connectivity index (χ0) is 14.4. The third-order valence-corrected chi connectivity index (χ3v) is 3.45. The van der Waals surface area contributed by atoms with Gasteiger partial charge in [-0.25, -0.2) is 0 Å². The highest BCUT2D eigenvalue weighted by molar-refractivity contribution is 5.91. The average molecular weight is 274 g/mol. The van der Waals surface area contributed by atoms with E-state index < -0.39 is 0 Å². The van der Waals surface area contributed by atoms with Crippen molar-refractivity contribution in [2.45, 2.75) is 12.5 Å². The number of methoxy groups -OCH3 is 1. The van der Waals surface area contributed by atoms with Crippen molar-refractivity contribution < 1.29 is 4.74 Å². The summed E-state index contributed by atoms with van der Waals surface area (Å²) in [6.07, 6.45) is 2.79. The van der Waals surface area contributed by atoms with Crippen LogP contribution in [0.25, 0.3) is 10.9 Å². The SMILES string of the molecule is CNC(CN)CCNc1ccnc2cc(OC)ccc12. The highest BCUT2D eigenvalue weighted by Crippen LogP contribution is 2.25. The molecule has 1 aromatic carbocycles. The van der Waals surface area contributed by atoms with Crippen molar-refractivity contribution in [3.05, 3.63) is 30.5 Å². The van der Waals surface area contributed by atoms with Gasteiger partial charge in [-0.15, -0.1) is 0 Å². The molecule has 1 atom stereocenters. The molecule has 2 rings (SSSR count). The number of fused-ring (bicyclic) bond motifs is 1. The Morgan fingerprint density at radius 3 is 2.90 bits per heavy atom. The van der Waals surface area contributed by atoms with Crippen LogP contribution >= 0.6 is 0 Å². The van der Waals surface area contributed by atoms with Crippen molar-refractivity contribution in [1.29, 1.82) is 0 Å². The maximum absolute atomic E-state index is 5.67. The molecule has 108 valence electrons. The van der Waals surface area contributed by atoms with Gasteiger partial charge < -0.3 is 21.1 Å². The van der Waals surface area contributed by atoms with E-state index in [2.05, 4.69) is 15.6 Å². The van der Waals surface area contributed by atoms with Gasteiger partial charge in [0.2, 0.25) is 0 Å². The molecule has 0 saturated carbocycles. The molecule has 1 aromatic heterocycles. The van der Waals surface area contributed by atoms with E-state index in [4.69, 9.17) is 10.5 Å². The van der Waals surface area contributed by atoms with Gasteiger partial charge in [0.15, 0.2) is 0 Å². The summed E-state index contributed by atoms with van der Waals surface area (Å²) in [5, 5.41) is 7.74. The Hall–Kier alpha value is -1.85. The lowest BCUT2D eigenvalue weighted by molar-refractivity contribution is 0.415. The second-order valence-corrected chi connectivity index (χ2v) is 4.68. The van der Waals surface area contributed by atoms with Crippen LogP contribution in [0.3, 0.4) is 0 Å². The van der Waals surface area contributed by atoms with E-state index >= 15 is 0 Å². The van der Waals surface area contributed by atoms with Gasteiger partial charge in [-0.1, -0.05) is 0 Å². The molecule has 2 aromatic rings. The number of hydrogen-bond acceptors (Lipinski definition) is 5. The number of rotatable bonds is 7. The van der Waals surface area contributed by atoms with E-state index in [1.54, 1.807) is 7.11 Å². The van der Waals surface area contributed by atoms with Crippen LogP contribution in [0.15, 0.2) is 30.5 Å². The number of nitrogens with two attached hydrogens (primary N) is 1. The second-order valence-electron chi connectivity index (χ2n) is 4.68. The van der Waals surface area contributed by atoms with Crippen LogP contribution in [-0.4, -0.2) is 38.3 Å². The Kier molecular flexibility index (Phi) is 5.15. The number of benzene rings is 1. The van der Waals surface area contributed by atoms with Crippen LogP contribution in [-0.2, 0) is 0 Å². The van der Waals surface area contributed by atoms with Crippen LogP contribution in [0.5, 0.6) is 5.75 Å². The summed E-state index contributed by atoms with van der Waals surface area (Å²) < 4.78 is 5.22. The van der Waals surface area contributed by atoms with Crippen molar-refractivity contribution in [2.75, 3.05) is 32.6 Å². The summed E-state index contributed by atoms with van der Waals surface area (Å²) in [7, 11) is 3.60. The molecule has 0 spiro atoms. The zero-order valence-corrected chi connectivity index (χ0v) is 12.0. The fraction of sp³-hybridized carbons (Fsp3) is 0.400. The van der Waals surface area contributed by atoms with Crippen LogP contribution in [0, 0.1) is 0 Å². The summed E-state index contributed by atoms with van der Waals surface area (Å²) in [5.41, 5.74) is 7.69. The molecule has 0 saturated heterocycles. The molecular formula is C15H22N4O. The van der Waals surface area contributed by atoms with E-state index in [0.29, 0.717) is 12.6 Å². The summed E-state index contributed by atoms with van der Waals surface area (Å²) >= 11 is 0. The predicted molar refractivity (Wildman–Crippen MR) is 83.3 cm³/mol. The minimum Gasteiger partial charge on any atom is -0.497 e. The molecule has 0 radical (unpaired) electrons. The number of ether oxygens (including phenoxy) is 1. The number of nitrogens with zero attached hydrogens (tertiary/aromatic N) is 1. The van der Waals surface area contributed by atoms with Crippen LogP contribution in [0.4, 0.5) is 5.69 Å². The van der Waals surface area contributed by atoms with Gasteiger partial charge in [-0.05, 0) is 31.7 Å². The summed E-state index contributed by atoms with van der Waals surface area (Å²) in [4.78, 5) is 4.37. The Bertz CT molecular complexity index is 555. The molecule has 0 aliphatic carbocycles. The van der Waals surface area contributed by atoms with E-state index in [9.17, 15) is 0 Å². The summed E-state index contributed by atoms with van der Waals surface area (Å²) in [6.45, 7) is 1.51. The van der Waals surface area contributed by atoms with Crippen LogP contribution < -0.4 is 21.1 Å². The fourth-order valence-electron chi connectivity index (χ4n) is 2.17. The largest absolute Gasteiger partial charge is 0.497 e. The third-order valence-electron chi connectivity index (χ3n) is 3.45. The Morgan fingerprint density at radius 1 is 1.35 bits per heavy atom. The normalized spacial score (nSPS) is 12.3. The standard InChI is InChI=1S/C15H22N4O/c1-17-11(10-16)5-7-18-14-6-8-19-15-9-12(20-2)3-4-13(14)15/h3-4,6,8-9,11,17H,5,7,10,16H2,1-2H3,(H,18,19).